The number of carbonyl (C=O) groups is 1. The van der Waals surface area contributed by atoms with Gasteiger partial charge in [-0.25, -0.2) is 0 Å². The molecular formula is C18H23N5O. The number of piperidine rings is 1. The van der Waals surface area contributed by atoms with Crippen molar-refractivity contribution in [3.8, 4) is 0 Å². The van der Waals surface area contributed by atoms with Gasteiger partial charge in [-0.2, -0.15) is 5.10 Å². The first kappa shape index (κ1) is 15.3. The molecule has 6 heteroatoms. The molecule has 2 atom stereocenters. The third-order valence-corrected chi connectivity index (χ3v) is 5.16. The molecule has 1 amide bonds. The van der Waals surface area contributed by atoms with E-state index in [1.165, 1.54) is 0 Å². The van der Waals surface area contributed by atoms with Crippen LogP contribution in [0.2, 0.25) is 0 Å². The topological polar surface area (TPSA) is 54.3 Å². The lowest BCUT2D eigenvalue weighted by atomic mass is 9.88. The van der Waals surface area contributed by atoms with Crippen LogP contribution in [0.25, 0.3) is 0 Å². The van der Waals surface area contributed by atoms with Crippen molar-refractivity contribution in [1.82, 2.24) is 19.7 Å². The van der Waals surface area contributed by atoms with Gasteiger partial charge in [0.1, 0.15) is 0 Å². The second-order valence-electron chi connectivity index (χ2n) is 6.98. The molecule has 0 radical (unpaired) electrons. The van der Waals surface area contributed by atoms with Crippen molar-refractivity contribution in [3.63, 3.8) is 0 Å². The maximum Gasteiger partial charge on any atom is 0.231 e. The van der Waals surface area contributed by atoms with Gasteiger partial charge in [0, 0.05) is 45.1 Å². The fraction of sp³-hybridized carbons (Fsp3) is 0.500. The van der Waals surface area contributed by atoms with Crippen LogP contribution in [0.4, 0.5) is 5.69 Å². The Labute approximate surface area is 142 Å². The van der Waals surface area contributed by atoms with E-state index in [9.17, 15) is 4.79 Å². The summed E-state index contributed by atoms with van der Waals surface area (Å²) in [4.78, 5) is 21.8. The Hall–Kier alpha value is -2.21. The molecule has 24 heavy (non-hydrogen) atoms. The number of rotatable bonds is 3. The number of amides is 1. The Bertz CT molecular complexity index is 755. The maximum atomic E-state index is 12.9. The number of hydrogen-bond acceptors (Lipinski definition) is 4. The SMILES string of the molecule is Cc1cccc(CN2CC3CCN(c4cnn(C)c4)C(=O)C3C2)n1. The summed E-state index contributed by atoms with van der Waals surface area (Å²) in [5.41, 5.74) is 3.05. The fourth-order valence-electron chi connectivity index (χ4n) is 3.99. The minimum Gasteiger partial charge on any atom is -0.309 e. The maximum absolute atomic E-state index is 12.9. The summed E-state index contributed by atoms with van der Waals surface area (Å²) in [5.74, 6) is 0.818. The van der Waals surface area contributed by atoms with E-state index in [1.807, 2.05) is 31.1 Å². The molecule has 2 aromatic rings. The summed E-state index contributed by atoms with van der Waals surface area (Å²) >= 11 is 0. The summed E-state index contributed by atoms with van der Waals surface area (Å²) in [7, 11) is 1.88. The summed E-state index contributed by atoms with van der Waals surface area (Å²) < 4.78 is 1.75. The standard InChI is InChI=1S/C18H23N5O/c1-13-4-3-5-15(20-13)10-22-9-14-6-7-23(18(24)17(14)12-22)16-8-19-21(2)11-16/h3-5,8,11,14,17H,6-7,9-10,12H2,1-2H3. The predicted octanol–water partition coefficient (Wildman–Crippen LogP) is 1.61. The van der Waals surface area contributed by atoms with E-state index in [4.69, 9.17) is 0 Å². The molecular weight excluding hydrogens is 302 g/mol. The monoisotopic (exact) mass is 325 g/mol. The summed E-state index contributed by atoms with van der Waals surface area (Å²) in [6, 6.07) is 6.14. The first-order chi connectivity index (χ1) is 11.6. The smallest absolute Gasteiger partial charge is 0.231 e. The van der Waals surface area contributed by atoms with Crippen LogP contribution in [-0.2, 0) is 18.4 Å². The van der Waals surface area contributed by atoms with Gasteiger partial charge >= 0.3 is 0 Å². The van der Waals surface area contributed by atoms with Crippen molar-refractivity contribution in [2.45, 2.75) is 19.9 Å². The van der Waals surface area contributed by atoms with Crippen LogP contribution in [-0.4, -0.2) is 45.2 Å². The van der Waals surface area contributed by atoms with Gasteiger partial charge in [0.15, 0.2) is 0 Å². The minimum atomic E-state index is 0.101. The highest BCUT2D eigenvalue weighted by Gasteiger charge is 2.43. The van der Waals surface area contributed by atoms with Crippen LogP contribution >= 0.6 is 0 Å². The number of anilines is 1. The number of hydrogen-bond donors (Lipinski definition) is 0. The van der Waals surface area contributed by atoms with E-state index < -0.39 is 0 Å². The van der Waals surface area contributed by atoms with Crippen molar-refractivity contribution < 1.29 is 4.79 Å². The molecule has 2 saturated heterocycles. The largest absolute Gasteiger partial charge is 0.309 e. The molecule has 126 valence electrons. The van der Waals surface area contributed by atoms with Crippen LogP contribution < -0.4 is 4.90 Å². The molecule has 2 fully saturated rings. The summed E-state index contributed by atoms with van der Waals surface area (Å²) in [5, 5.41) is 4.19. The summed E-state index contributed by atoms with van der Waals surface area (Å²) in [6.07, 6.45) is 4.76. The predicted molar refractivity (Wildman–Crippen MR) is 91.4 cm³/mol. The first-order valence-corrected chi connectivity index (χ1v) is 8.55. The number of nitrogens with zero attached hydrogens (tertiary/aromatic N) is 5. The molecule has 0 aliphatic carbocycles. The van der Waals surface area contributed by atoms with Gasteiger partial charge in [-0.05, 0) is 31.4 Å². The number of aromatic nitrogens is 3. The van der Waals surface area contributed by atoms with Crippen LogP contribution in [0.1, 0.15) is 17.8 Å². The second-order valence-corrected chi connectivity index (χ2v) is 6.98. The van der Waals surface area contributed by atoms with E-state index in [1.54, 1.807) is 10.9 Å². The second kappa shape index (κ2) is 6.02. The van der Waals surface area contributed by atoms with E-state index in [0.29, 0.717) is 5.92 Å². The molecule has 2 aromatic heterocycles. The Morgan fingerprint density at radius 2 is 2.17 bits per heavy atom. The third-order valence-electron chi connectivity index (χ3n) is 5.16. The fourth-order valence-corrected chi connectivity index (χ4v) is 3.99. The zero-order valence-electron chi connectivity index (χ0n) is 14.2. The molecule has 6 nitrogen and oxygen atoms in total. The van der Waals surface area contributed by atoms with E-state index in [0.717, 1.165) is 49.7 Å². The van der Waals surface area contributed by atoms with Gasteiger partial charge in [0.25, 0.3) is 0 Å². The molecule has 0 aromatic carbocycles. The molecule has 0 N–H and O–H groups in total. The average Bonchev–Trinajstić information content (AvgIpc) is 3.14. The molecule has 0 bridgehead atoms. The molecule has 2 aliphatic heterocycles. The summed E-state index contributed by atoms with van der Waals surface area (Å²) in [6.45, 7) is 5.46. The highest BCUT2D eigenvalue weighted by Crippen LogP contribution is 2.34. The van der Waals surface area contributed by atoms with Gasteiger partial charge in [0.05, 0.1) is 23.5 Å². The van der Waals surface area contributed by atoms with Crippen molar-refractivity contribution in [2.24, 2.45) is 18.9 Å². The molecule has 0 spiro atoms. The highest BCUT2D eigenvalue weighted by molar-refractivity contribution is 5.96. The van der Waals surface area contributed by atoms with Crippen LogP contribution in [0.3, 0.4) is 0 Å². The molecule has 0 saturated carbocycles. The Balaban J connectivity index is 1.46. The van der Waals surface area contributed by atoms with E-state index in [2.05, 4.69) is 27.1 Å². The first-order valence-electron chi connectivity index (χ1n) is 8.55. The number of carbonyl (C=O) groups excluding carboxylic acids is 1. The third kappa shape index (κ3) is 2.82. The molecule has 2 aliphatic rings. The lowest BCUT2D eigenvalue weighted by molar-refractivity contribution is -0.124. The van der Waals surface area contributed by atoms with Crippen molar-refractivity contribution in [1.29, 1.82) is 0 Å². The van der Waals surface area contributed by atoms with Crippen molar-refractivity contribution in [3.05, 3.63) is 42.0 Å². The lowest BCUT2D eigenvalue weighted by Gasteiger charge is -2.32. The normalized spacial score (nSPS) is 24.4. The van der Waals surface area contributed by atoms with Gasteiger partial charge in [-0.1, -0.05) is 6.07 Å². The molecule has 4 rings (SSSR count). The van der Waals surface area contributed by atoms with Crippen LogP contribution in [0.15, 0.2) is 30.6 Å². The van der Waals surface area contributed by atoms with E-state index >= 15 is 0 Å². The zero-order chi connectivity index (χ0) is 16.7. The Morgan fingerprint density at radius 3 is 2.92 bits per heavy atom. The van der Waals surface area contributed by atoms with Gasteiger partial charge in [0.2, 0.25) is 5.91 Å². The number of pyridine rings is 1. The highest BCUT2D eigenvalue weighted by atomic mass is 16.2. The number of likely N-dealkylation sites (tertiary alicyclic amines) is 1. The Kier molecular flexibility index (Phi) is 3.84. The minimum absolute atomic E-state index is 0.101. The van der Waals surface area contributed by atoms with Crippen molar-refractivity contribution >= 4 is 11.6 Å². The van der Waals surface area contributed by atoms with Crippen LogP contribution in [0, 0.1) is 18.8 Å². The number of aryl methyl sites for hydroxylation is 2. The number of fused-ring (bicyclic) bond motifs is 1. The van der Waals surface area contributed by atoms with E-state index in [-0.39, 0.29) is 11.8 Å². The van der Waals surface area contributed by atoms with Crippen molar-refractivity contribution in [2.75, 3.05) is 24.5 Å². The lowest BCUT2D eigenvalue weighted by Crippen LogP contribution is -2.45. The van der Waals surface area contributed by atoms with Gasteiger partial charge in [-0.3, -0.25) is 19.4 Å². The average molecular weight is 325 g/mol. The van der Waals surface area contributed by atoms with Gasteiger partial charge in [-0.15, -0.1) is 0 Å². The van der Waals surface area contributed by atoms with Crippen LogP contribution in [0.5, 0.6) is 0 Å². The molecule has 2 unspecified atom stereocenters. The Morgan fingerprint density at radius 1 is 1.29 bits per heavy atom. The quantitative estimate of drug-likeness (QED) is 0.860. The molecule has 4 heterocycles. The zero-order valence-corrected chi connectivity index (χ0v) is 14.2. The van der Waals surface area contributed by atoms with Gasteiger partial charge < -0.3 is 4.90 Å².